The van der Waals surface area contributed by atoms with Crippen molar-refractivity contribution in [3.63, 3.8) is 0 Å². The Hall–Kier alpha value is -3.22. The Balaban J connectivity index is 1.67. The second-order valence-electron chi connectivity index (χ2n) is 8.10. The van der Waals surface area contributed by atoms with Gasteiger partial charge in [0.15, 0.2) is 12.4 Å². The van der Waals surface area contributed by atoms with Crippen LogP contribution >= 0.6 is 0 Å². The van der Waals surface area contributed by atoms with Gasteiger partial charge in [0.1, 0.15) is 5.69 Å². The van der Waals surface area contributed by atoms with E-state index in [1.165, 1.54) is 12.1 Å². The second kappa shape index (κ2) is 10.2. The number of esters is 1. The predicted molar refractivity (Wildman–Crippen MR) is 119 cm³/mol. The van der Waals surface area contributed by atoms with Gasteiger partial charge in [0, 0.05) is 24.7 Å². The Labute approximate surface area is 182 Å². The molecule has 0 bridgehead atoms. The highest BCUT2D eigenvalue weighted by Gasteiger charge is 2.25. The molecule has 0 aromatic heterocycles. The number of nitro benzene ring substituents is 1. The van der Waals surface area contributed by atoms with Crippen molar-refractivity contribution in [2.24, 2.45) is 5.92 Å². The average molecular weight is 424 g/mol. The van der Waals surface area contributed by atoms with Gasteiger partial charge < -0.3 is 9.64 Å². The zero-order valence-corrected chi connectivity index (χ0v) is 18.0. The zero-order chi connectivity index (χ0) is 22.4. The van der Waals surface area contributed by atoms with Gasteiger partial charge in [-0.05, 0) is 42.9 Å². The van der Waals surface area contributed by atoms with Crippen molar-refractivity contribution in [1.29, 1.82) is 0 Å². The molecule has 7 heteroatoms. The number of nitrogens with zero attached hydrogens (tertiary/aromatic N) is 2. The molecule has 0 spiro atoms. The van der Waals surface area contributed by atoms with Gasteiger partial charge in [0.05, 0.1) is 10.5 Å². The van der Waals surface area contributed by atoms with Gasteiger partial charge >= 0.3 is 5.97 Å². The lowest BCUT2D eigenvalue weighted by Gasteiger charge is -2.32. The van der Waals surface area contributed by atoms with E-state index in [-0.39, 0.29) is 17.0 Å². The predicted octanol–water partition coefficient (Wildman–Crippen LogP) is 4.82. The van der Waals surface area contributed by atoms with Crippen LogP contribution in [0.1, 0.15) is 59.4 Å². The van der Waals surface area contributed by atoms with E-state index in [4.69, 9.17) is 4.74 Å². The Kier molecular flexibility index (Phi) is 7.39. The standard InChI is InChI=1S/C24H28N2O5/c1-3-5-18-7-9-19(10-8-18)23(27)16-31-24(28)20-11-12-21(22(14-20)26(29)30)25-13-4-6-17(2)15-25/h7-12,14,17H,3-6,13,15-16H2,1-2H3/t17-/m0/s1. The summed E-state index contributed by atoms with van der Waals surface area (Å²) in [6, 6.07) is 11.6. The van der Waals surface area contributed by atoms with Crippen molar-refractivity contribution in [1.82, 2.24) is 0 Å². The molecule has 2 aromatic carbocycles. The summed E-state index contributed by atoms with van der Waals surface area (Å²) in [6.07, 6.45) is 4.04. The largest absolute Gasteiger partial charge is 0.454 e. The van der Waals surface area contributed by atoms with Crippen LogP contribution in [0.25, 0.3) is 0 Å². The van der Waals surface area contributed by atoms with Gasteiger partial charge in [-0.2, -0.15) is 0 Å². The van der Waals surface area contributed by atoms with E-state index in [0.29, 0.717) is 17.2 Å². The van der Waals surface area contributed by atoms with Crippen LogP contribution in [0.2, 0.25) is 0 Å². The number of benzene rings is 2. The fourth-order valence-corrected chi connectivity index (χ4v) is 3.92. The molecule has 1 aliphatic rings. The lowest BCUT2D eigenvalue weighted by atomic mass is 9.99. The third kappa shape index (κ3) is 5.69. The van der Waals surface area contributed by atoms with E-state index in [9.17, 15) is 19.7 Å². The minimum atomic E-state index is -0.752. The summed E-state index contributed by atoms with van der Waals surface area (Å²) in [5.74, 6) is -0.609. The molecule has 1 saturated heterocycles. The summed E-state index contributed by atoms with van der Waals surface area (Å²) >= 11 is 0. The minimum absolute atomic E-state index is 0.0617. The van der Waals surface area contributed by atoms with Crippen LogP contribution in [-0.2, 0) is 11.2 Å². The highest BCUT2D eigenvalue weighted by atomic mass is 16.6. The maximum absolute atomic E-state index is 12.4. The Morgan fingerprint density at radius 2 is 1.87 bits per heavy atom. The molecule has 1 fully saturated rings. The first-order valence-electron chi connectivity index (χ1n) is 10.7. The minimum Gasteiger partial charge on any atom is -0.454 e. The van der Waals surface area contributed by atoms with Crippen molar-refractivity contribution in [3.8, 4) is 0 Å². The summed E-state index contributed by atoms with van der Waals surface area (Å²) in [6.45, 7) is 5.29. The van der Waals surface area contributed by atoms with Crippen LogP contribution in [0.5, 0.6) is 0 Å². The summed E-state index contributed by atoms with van der Waals surface area (Å²) in [7, 11) is 0. The number of nitro groups is 1. The number of carbonyl (C=O) groups excluding carboxylic acids is 2. The highest BCUT2D eigenvalue weighted by Crippen LogP contribution is 2.32. The van der Waals surface area contributed by atoms with Gasteiger partial charge in [-0.3, -0.25) is 14.9 Å². The monoisotopic (exact) mass is 424 g/mol. The number of carbonyl (C=O) groups is 2. The lowest BCUT2D eigenvalue weighted by Crippen LogP contribution is -2.34. The molecule has 0 saturated carbocycles. The molecular formula is C24H28N2O5. The van der Waals surface area contributed by atoms with Gasteiger partial charge in [0.25, 0.3) is 5.69 Å². The molecule has 7 nitrogen and oxygen atoms in total. The molecule has 31 heavy (non-hydrogen) atoms. The lowest BCUT2D eigenvalue weighted by molar-refractivity contribution is -0.384. The first-order valence-corrected chi connectivity index (χ1v) is 10.7. The number of aryl methyl sites for hydroxylation is 1. The maximum atomic E-state index is 12.4. The number of Topliss-reactive ketones (excluding diaryl/α,β-unsaturated/α-hetero) is 1. The average Bonchev–Trinajstić information content (AvgIpc) is 2.77. The van der Waals surface area contributed by atoms with E-state index in [0.717, 1.165) is 44.3 Å². The molecule has 0 radical (unpaired) electrons. The molecule has 1 heterocycles. The fraction of sp³-hybridized carbons (Fsp3) is 0.417. The van der Waals surface area contributed by atoms with E-state index in [1.54, 1.807) is 18.2 Å². The van der Waals surface area contributed by atoms with Crippen LogP contribution in [0.15, 0.2) is 42.5 Å². The third-order valence-corrected chi connectivity index (χ3v) is 5.55. The molecule has 0 aliphatic carbocycles. The molecule has 3 rings (SSSR count). The smallest absolute Gasteiger partial charge is 0.338 e. The van der Waals surface area contributed by atoms with Crippen LogP contribution in [0.3, 0.4) is 0 Å². The summed E-state index contributed by atoms with van der Waals surface area (Å²) < 4.78 is 5.13. The van der Waals surface area contributed by atoms with Crippen molar-refractivity contribution in [2.45, 2.75) is 39.5 Å². The van der Waals surface area contributed by atoms with Crippen molar-refractivity contribution in [2.75, 3.05) is 24.6 Å². The number of ether oxygens (including phenoxy) is 1. The normalized spacial score (nSPS) is 16.1. The van der Waals surface area contributed by atoms with Crippen molar-refractivity contribution >= 4 is 23.1 Å². The van der Waals surface area contributed by atoms with Crippen LogP contribution < -0.4 is 4.90 Å². The molecule has 2 aromatic rings. The quantitative estimate of drug-likeness (QED) is 0.261. The first-order chi connectivity index (χ1) is 14.9. The van der Waals surface area contributed by atoms with Crippen LogP contribution in [0.4, 0.5) is 11.4 Å². The molecule has 1 atom stereocenters. The van der Waals surface area contributed by atoms with Gasteiger partial charge in [0.2, 0.25) is 0 Å². The van der Waals surface area contributed by atoms with Gasteiger partial charge in [-0.15, -0.1) is 0 Å². The van der Waals surface area contributed by atoms with E-state index in [1.807, 2.05) is 17.0 Å². The van der Waals surface area contributed by atoms with E-state index >= 15 is 0 Å². The third-order valence-electron chi connectivity index (χ3n) is 5.55. The number of ketones is 1. The number of anilines is 1. The Morgan fingerprint density at radius 3 is 2.52 bits per heavy atom. The molecule has 0 amide bonds. The van der Waals surface area contributed by atoms with Crippen LogP contribution in [-0.4, -0.2) is 36.4 Å². The number of piperidine rings is 1. The summed E-state index contributed by atoms with van der Waals surface area (Å²) in [5.41, 5.74) is 2.06. The van der Waals surface area contributed by atoms with Crippen molar-refractivity contribution < 1.29 is 19.2 Å². The first kappa shape index (κ1) is 22.5. The number of hydrogen-bond acceptors (Lipinski definition) is 6. The topological polar surface area (TPSA) is 89.8 Å². The van der Waals surface area contributed by atoms with E-state index in [2.05, 4.69) is 13.8 Å². The second-order valence-corrected chi connectivity index (χ2v) is 8.10. The fourth-order valence-electron chi connectivity index (χ4n) is 3.92. The molecular weight excluding hydrogens is 396 g/mol. The maximum Gasteiger partial charge on any atom is 0.338 e. The van der Waals surface area contributed by atoms with E-state index < -0.39 is 17.5 Å². The number of rotatable bonds is 8. The Morgan fingerprint density at radius 1 is 1.16 bits per heavy atom. The molecule has 0 unspecified atom stereocenters. The van der Waals surface area contributed by atoms with Crippen LogP contribution in [0, 0.1) is 16.0 Å². The molecule has 164 valence electrons. The molecule has 0 N–H and O–H groups in total. The van der Waals surface area contributed by atoms with Crippen molar-refractivity contribution in [3.05, 3.63) is 69.3 Å². The summed E-state index contributed by atoms with van der Waals surface area (Å²) in [4.78, 5) is 37.9. The highest BCUT2D eigenvalue weighted by molar-refractivity contribution is 5.99. The van der Waals surface area contributed by atoms with Gasteiger partial charge in [-0.25, -0.2) is 4.79 Å². The zero-order valence-electron chi connectivity index (χ0n) is 18.0. The summed E-state index contributed by atoms with van der Waals surface area (Å²) in [5, 5.41) is 11.6. The SMILES string of the molecule is CCCc1ccc(C(=O)COC(=O)c2ccc(N3CCC[C@H](C)C3)c([N+](=O)[O-])c2)cc1. The van der Waals surface area contributed by atoms with Gasteiger partial charge in [-0.1, -0.05) is 44.5 Å². The molecule has 1 aliphatic heterocycles. The Bertz CT molecular complexity index is 955. The number of hydrogen-bond donors (Lipinski definition) is 0.